The lowest BCUT2D eigenvalue weighted by molar-refractivity contribution is -0.141. The Kier molecular flexibility index (Phi) is 10.8. The molecule has 42 heavy (non-hydrogen) atoms. The molecule has 4 rings (SSSR count). The standard InChI is InChI=1S/C30H31Cl2N3O6S/c1-40-23-6-4-3-5-22(23)30(39)33-17-21(16-25(37)41-2)34-29(38)18-9-12-35(13-10-18)24(36)8-7-19-15-20-11-14-42-28(20)27(32)26(19)31/h3-8,11,14-15,18,21H,9-10,12-13,16-17H2,1-2H3,(H,33,39)(H,34,38)/b8-7+/t21-/m1/s1. The highest BCUT2D eigenvalue weighted by Crippen LogP contribution is 2.37. The third-order valence-corrected chi connectivity index (χ3v) is 9.02. The van der Waals surface area contributed by atoms with Crippen LogP contribution in [0.2, 0.25) is 10.0 Å². The number of hydrogen-bond donors (Lipinski definition) is 2. The highest BCUT2D eigenvalue weighted by molar-refractivity contribution is 7.18. The number of likely N-dealkylation sites (tertiary alicyclic amines) is 1. The third-order valence-electron chi connectivity index (χ3n) is 7.08. The predicted octanol–water partition coefficient (Wildman–Crippen LogP) is 4.95. The Morgan fingerprint density at radius 2 is 1.83 bits per heavy atom. The quantitative estimate of drug-likeness (QED) is 0.242. The van der Waals surface area contributed by atoms with Crippen LogP contribution in [0.4, 0.5) is 0 Å². The van der Waals surface area contributed by atoms with Crippen LogP contribution in [0.3, 0.4) is 0 Å². The molecular weight excluding hydrogens is 601 g/mol. The molecule has 2 heterocycles. The molecule has 1 fully saturated rings. The van der Waals surface area contributed by atoms with Crippen molar-refractivity contribution >= 4 is 74.4 Å². The lowest BCUT2D eigenvalue weighted by Gasteiger charge is -2.31. The minimum absolute atomic E-state index is 0.0175. The summed E-state index contributed by atoms with van der Waals surface area (Å²) in [7, 11) is 2.73. The van der Waals surface area contributed by atoms with Crippen molar-refractivity contribution in [2.24, 2.45) is 5.92 Å². The van der Waals surface area contributed by atoms with E-state index in [1.807, 2.05) is 17.5 Å². The number of piperidine rings is 1. The maximum Gasteiger partial charge on any atom is 0.307 e. The third kappa shape index (κ3) is 7.61. The van der Waals surface area contributed by atoms with Crippen LogP contribution in [-0.4, -0.2) is 68.5 Å². The van der Waals surface area contributed by atoms with Crippen LogP contribution in [0.5, 0.6) is 5.75 Å². The lowest BCUT2D eigenvalue weighted by atomic mass is 9.95. The highest BCUT2D eigenvalue weighted by atomic mass is 35.5. The van der Waals surface area contributed by atoms with E-state index in [0.29, 0.717) is 52.9 Å². The Morgan fingerprint density at radius 3 is 2.55 bits per heavy atom. The highest BCUT2D eigenvalue weighted by Gasteiger charge is 2.29. The Morgan fingerprint density at radius 1 is 1.10 bits per heavy atom. The summed E-state index contributed by atoms with van der Waals surface area (Å²) in [6, 6.07) is 9.92. The minimum Gasteiger partial charge on any atom is -0.496 e. The maximum atomic E-state index is 13.1. The number of thiophene rings is 1. The molecule has 3 aromatic rings. The molecule has 0 spiro atoms. The average Bonchev–Trinajstić information content (AvgIpc) is 3.49. The number of nitrogens with zero attached hydrogens (tertiary/aromatic N) is 1. The van der Waals surface area contributed by atoms with Gasteiger partial charge >= 0.3 is 5.97 Å². The minimum atomic E-state index is -0.677. The second-order valence-corrected chi connectivity index (χ2v) is 11.4. The zero-order valence-electron chi connectivity index (χ0n) is 23.2. The fourth-order valence-corrected chi connectivity index (χ4v) is 6.18. The van der Waals surface area contributed by atoms with E-state index in [0.717, 1.165) is 10.1 Å². The van der Waals surface area contributed by atoms with Crippen LogP contribution in [0.25, 0.3) is 16.2 Å². The van der Waals surface area contributed by atoms with E-state index in [9.17, 15) is 19.2 Å². The van der Waals surface area contributed by atoms with Gasteiger partial charge in [0.25, 0.3) is 5.91 Å². The Balaban J connectivity index is 1.31. The van der Waals surface area contributed by atoms with Crippen LogP contribution >= 0.6 is 34.5 Å². The molecule has 0 unspecified atom stereocenters. The summed E-state index contributed by atoms with van der Waals surface area (Å²) in [5, 5.41) is 9.38. The zero-order valence-corrected chi connectivity index (χ0v) is 25.5. The molecule has 0 radical (unpaired) electrons. The Bertz CT molecular complexity index is 1500. The van der Waals surface area contributed by atoms with Crippen LogP contribution < -0.4 is 15.4 Å². The molecule has 1 aliphatic heterocycles. The fraction of sp³-hybridized carbons (Fsp3) is 0.333. The van der Waals surface area contributed by atoms with Gasteiger partial charge < -0.3 is 25.0 Å². The van der Waals surface area contributed by atoms with Gasteiger partial charge in [-0.1, -0.05) is 35.3 Å². The molecule has 12 heteroatoms. The summed E-state index contributed by atoms with van der Waals surface area (Å²) in [5.41, 5.74) is 0.997. The second kappa shape index (κ2) is 14.5. The van der Waals surface area contributed by atoms with Crippen molar-refractivity contribution in [3.63, 3.8) is 0 Å². The average molecular weight is 633 g/mol. The number of halogens is 2. The molecule has 0 saturated carbocycles. The van der Waals surface area contributed by atoms with Crippen molar-refractivity contribution in [2.75, 3.05) is 33.9 Å². The second-order valence-electron chi connectivity index (χ2n) is 9.76. The fourth-order valence-electron chi connectivity index (χ4n) is 4.74. The number of methoxy groups -OCH3 is 2. The van der Waals surface area contributed by atoms with Gasteiger partial charge in [0, 0.05) is 31.6 Å². The Hall–Kier alpha value is -3.60. The van der Waals surface area contributed by atoms with Gasteiger partial charge in [0.2, 0.25) is 11.8 Å². The number of fused-ring (bicyclic) bond motifs is 1. The van der Waals surface area contributed by atoms with Gasteiger partial charge in [0.05, 0.1) is 47.0 Å². The van der Waals surface area contributed by atoms with E-state index in [1.54, 1.807) is 35.2 Å². The number of para-hydroxylation sites is 1. The first-order valence-corrected chi connectivity index (χ1v) is 15.0. The number of carbonyl (C=O) groups is 4. The first kappa shape index (κ1) is 31.3. The predicted molar refractivity (Wildman–Crippen MR) is 164 cm³/mol. The number of rotatable bonds is 10. The topological polar surface area (TPSA) is 114 Å². The number of nitrogens with one attached hydrogen (secondary N) is 2. The van der Waals surface area contributed by atoms with Gasteiger partial charge in [-0.25, -0.2) is 0 Å². The molecule has 2 aromatic carbocycles. The van der Waals surface area contributed by atoms with Crippen LogP contribution in [0.15, 0.2) is 47.9 Å². The summed E-state index contributed by atoms with van der Waals surface area (Å²) in [6.07, 6.45) is 3.92. The molecule has 1 aliphatic rings. The molecule has 0 aliphatic carbocycles. The first-order valence-electron chi connectivity index (χ1n) is 13.3. The van der Waals surface area contributed by atoms with Crippen molar-refractivity contribution in [2.45, 2.75) is 25.3 Å². The molecule has 0 bridgehead atoms. The SMILES string of the molecule is COC(=O)C[C@H](CNC(=O)c1ccccc1OC)NC(=O)C1CCN(C(=O)/C=C/c2cc3ccsc3c(Cl)c2Cl)CC1. The van der Waals surface area contributed by atoms with Crippen LogP contribution in [0, 0.1) is 5.92 Å². The molecule has 1 saturated heterocycles. The summed E-state index contributed by atoms with van der Waals surface area (Å²) in [4.78, 5) is 52.4. The van der Waals surface area contributed by atoms with Gasteiger partial charge in [-0.2, -0.15) is 0 Å². The van der Waals surface area contributed by atoms with Crippen molar-refractivity contribution in [1.29, 1.82) is 0 Å². The van der Waals surface area contributed by atoms with Crippen LogP contribution in [0.1, 0.15) is 35.2 Å². The van der Waals surface area contributed by atoms with E-state index < -0.39 is 17.9 Å². The number of ether oxygens (including phenoxy) is 2. The number of amides is 3. The van der Waals surface area contributed by atoms with Crippen molar-refractivity contribution in [3.8, 4) is 5.75 Å². The van der Waals surface area contributed by atoms with E-state index in [1.165, 1.54) is 31.6 Å². The smallest absolute Gasteiger partial charge is 0.307 e. The number of benzene rings is 2. The molecule has 2 N–H and O–H groups in total. The maximum absolute atomic E-state index is 13.1. The molecule has 9 nitrogen and oxygen atoms in total. The van der Waals surface area contributed by atoms with E-state index in [4.69, 9.17) is 32.7 Å². The summed E-state index contributed by atoms with van der Waals surface area (Å²) in [5.74, 6) is -1.28. The van der Waals surface area contributed by atoms with Gasteiger partial charge in [0.15, 0.2) is 0 Å². The zero-order chi connectivity index (χ0) is 30.2. The van der Waals surface area contributed by atoms with Gasteiger partial charge in [-0.05, 0) is 59.5 Å². The molecule has 222 valence electrons. The van der Waals surface area contributed by atoms with E-state index >= 15 is 0 Å². The van der Waals surface area contributed by atoms with Gasteiger partial charge in [0.1, 0.15) is 5.75 Å². The monoisotopic (exact) mass is 631 g/mol. The summed E-state index contributed by atoms with van der Waals surface area (Å²) in [6.45, 7) is 0.806. The number of esters is 1. The van der Waals surface area contributed by atoms with E-state index in [2.05, 4.69) is 10.6 Å². The number of hydrogen-bond acceptors (Lipinski definition) is 7. The molecule has 1 aromatic heterocycles. The normalized spacial score (nSPS) is 14.5. The van der Waals surface area contributed by atoms with Gasteiger partial charge in [-0.3, -0.25) is 19.2 Å². The summed E-state index contributed by atoms with van der Waals surface area (Å²) < 4.78 is 10.9. The van der Waals surface area contributed by atoms with Gasteiger partial charge in [-0.15, -0.1) is 11.3 Å². The Labute approximate surface area is 257 Å². The van der Waals surface area contributed by atoms with Crippen LogP contribution in [-0.2, 0) is 19.1 Å². The van der Waals surface area contributed by atoms with E-state index in [-0.39, 0.29) is 30.7 Å². The largest absolute Gasteiger partial charge is 0.496 e. The lowest BCUT2D eigenvalue weighted by Crippen LogP contribution is -2.49. The first-order chi connectivity index (χ1) is 20.2. The molecular formula is C30H31Cl2N3O6S. The number of carbonyl (C=O) groups excluding carboxylic acids is 4. The van der Waals surface area contributed by atoms with Crippen molar-refractivity contribution in [3.05, 3.63) is 69.0 Å². The molecule has 3 amide bonds. The molecule has 1 atom stereocenters. The van der Waals surface area contributed by atoms with Crippen molar-refractivity contribution in [1.82, 2.24) is 15.5 Å². The summed E-state index contributed by atoms with van der Waals surface area (Å²) >= 11 is 14.3. The van der Waals surface area contributed by atoms with Crippen molar-refractivity contribution < 1.29 is 28.7 Å².